The predicted molar refractivity (Wildman–Crippen MR) is 94.4 cm³/mol. The molecule has 24 heavy (non-hydrogen) atoms. The summed E-state index contributed by atoms with van der Waals surface area (Å²) < 4.78 is 12.0. The van der Waals surface area contributed by atoms with Crippen LogP contribution in [0.2, 0.25) is 0 Å². The fourth-order valence-electron chi connectivity index (χ4n) is 2.39. The highest BCUT2D eigenvalue weighted by molar-refractivity contribution is 5.26. The minimum atomic E-state index is -0.386. The van der Waals surface area contributed by atoms with Crippen molar-refractivity contribution in [3.63, 3.8) is 0 Å². The lowest BCUT2D eigenvalue weighted by Crippen LogP contribution is -2.24. The Labute approximate surface area is 142 Å². The molecule has 0 unspecified atom stereocenters. The number of aromatic hydroxyl groups is 1. The van der Waals surface area contributed by atoms with E-state index in [4.69, 9.17) is 9.47 Å². The number of rotatable bonds is 7. The molecule has 0 bridgehead atoms. The van der Waals surface area contributed by atoms with Gasteiger partial charge >= 0.3 is 0 Å². The number of phenolic OH excluding ortho intramolecular Hbond substituents is 1. The average molecular weight is 320 g/mol. The van der Waals surface area contributed by atoms with Crippen molar-refractivity contribution >= 4 is 0 Å². The van der Waals surface area contributed by atoms with Crippen LogP contribution in [0.5, 0.6) is 17.2 Å². The van der Waals surface area contributed by atoms with E-state index >= 15 is 0 Å². The molecular formula is C21H20O3. The molecule has 3 rings (SSSR count). The van der Waals surface area contributed by atoms with Crippen molar-refractivity contribution in [1.82, 2.24) is 0 Å². The monoisotopic (exact) mass is 320 g/mol. The molecule has 0 saturated heterocycles. The largest absolute Gasteiger partial charge is 0.508 e. The fourth-order valence-corrected chi connectivity index (χ4v) is 2.39. The molecule has 0 radical (unpaired) electrons. The number of hydrogen-bond acceptors (Lipinski definition) is 3. The molecule has 0 aromatic heterocycles. The second-order valence-corrected chi connectivity index (χ2v) is 5.50. The van der Waals surface area contributed by atoms with E-state index in [1.54, 1.807) is 12.1 Å². The summed E-state index contributed by atoms with van der Waals surface area (Å²) in [6.07, 6.45) is 1.11. The number of ether oxygens (including phenoxy) is 2. The summed E-state index contributed by atoms with van der Waals surface area (Å²) in [5, 5.41) is 9.37. The number of aryl methyl sites for hydroxylation is 1. The zero-order valence-corrected chi connectivity index (χ0v) is 13.3. The quantitative estimate of drug-likeness (QED) is 0.635. The van der Waals surface area contributed by atoms with Crippen molar-refractivity contribution in [3.8, 4) is 17.2 Å². The van der Waals surface area contributed by atoms with E-state index < -0.39 is 0 Å². The lowest BCUT2D eigenvalue weighted by atomic mass is 10.1. The van der Waals surface area contributed by atoms with Gasteiger partial charge in [0.25, 0.3) is 0 Å². The number of para-hydroxylation sites is 2. The van der Waals surface area contributed by atoms with Crippen LogP contribution in [0.3, 0.4) is 0 Å². The molecule has 0 heterocycles. The van der Waals surface area contributed by atoms with E-state index in [0.717, 1.165) is 23.5 Å². The molecular weight excluding hydrogens is 300 g/mol. The van der Waals surface area contributed by atoms with Gasteiger partial charge in [-0.25, -0.2) is 0 Å². The van der Waals surface area contributed by atoms with Gasteiger partial charge in [0.05, 0.1) is 0 Å². The predicted octanol–water partition coefficient (Wildman–Crippen LogP) is 4.81. The lowest BCUT2D eigenvalue weighted by Gasteiger charge is -2.20. The highest BCUT2D eigenvalue weighted by Gasteiger charge is 2.13. The zero-order chi connectivity index (χ0) is 16.6. The Morgan fingerprint density at radius 3 is 1.67 bits per heavy atom. The molecule has 0 amide bonds. The summed E-state index contributed by atoms with van der Waals surface area (Å²) in [6, 6.07) is 26.6. The van der Waals surface area contributed by atoms with Gasteiger partial charge in [-0.3, -0.25) is 0 Å². The fraction of sp³-hybridized carbons (Fsp3) is 0.143. The summed E-state index contributed by atoms with van der Waals surface area (Å²) in [7, 11) is 0. The third-order valence-electron chi connectivity index (χ3n) is 3.63. The van der Waals surface area contributed by atoms with Crippen LogP contribution in [0.1, 0.15) is 12.0 Å². The van der Waals surface area contributed by atoms with Gasteiger partial charge in [-0.15, -0.1) is 0 Å². The molecule has 0 aliphatic rings. The van der Waals surface area contributed by atoms with Crippen molar-refractivity contribution in [2.24, 2.45) is 0 Å². The van der Waals surface area contributed by atoms with E-state index in [1.807, 2.05) is 72.8 Å². The molecule has 3 heteroatoms. The summed E-state index contributed by atoms with van der Waals surface area (Å²) in [5.74, 6) is 1.84. The van der Waals surface area contributed by atoms with Crippen molar-refractivity contribution in [2.45, 2.75) is 19.1 Å². The first-order valence-electron chi connectivity index (χ1n) is 8.01. The van der Waals surface area contributed by atoms with Gasteiger partial charge in [-0.1, -0.05) is 48.5 Å². The standard InChI is InChI=1S/C21H20O3/c22-18-14-11-17(12-15-18)13-16-21(23-19-7-3-1-4-8-19)24-20-9-5-2-6-10-20/h1-12,14-15,21-22H,13,16H2. The molecule has 0 aliphatic carbocycles. The Morgan fingerprint density at radius 1 is 0.667 bits per heavy atom. The van der Waals surface area contributed by atoms with E-state index in [9.17, 15) is 5.11 Å². The zero-order valence-electron chi connectivity index (χ0n) is 13.3. The lowest BCUT2D eigenvalue weighted by molar-refractivity contribution is -0.000276. The Hall–Kier alpha value is -2.94. The minimum absolute atomic E-state index is 0.274. The maximum absolute atomic E-state index is 9.37. The highest BCUT2D eigenvalue weighted by Crippen LogP contribution is 2.19. The van der Waals surface area contributed by atoms with Gasteiger partial charge in [0.15, 0.2) is 0 Å². The summed E-state index contributed by atoms with van der Waals surface area (Å²) >= 11 is 0. The smallest absolute Gasteiger partial charge is 0.241 e. The van der Waals surface area contributed by atoms with Gasteiger partial charge in [-0.2, -0.15) is 0 Å². The molecule has 3 aromatic carbocycles. The second kappa shape index (κ2) is 8.06. The van der Waals surface area contributed by atoms with Crippen molar-refractivity contribution in [1.29, 1.82) is 0 Å². The van der Waals surface area contributed by atoms with Gasteiger partial charge in [0.1, 0.15) is 17.2 Å². The van der Waals surface area contributed by atoms with E-state index in [2.05, 4.69) is 0 Å². The van der Waals surface area contributed by atoms with Crippen LogP contribution in [0.4, 0.5) is 0 Å². The van der Waals surface area contributed by atoms with Crippen molar-refractivity contribution < 1.29 is 14.6 Å². The molecule has 0 fully saturated rings. The molecule has 1 N–H and O–H groups in total. The van der Waals surface area contributed by atoms with E-state index in [-0.39, 0.29) is 12.0 Å². The third-order valence-corrected chi connectivity index (χ3v) is 3.63. The SMILES string of the molecule is Oc1ccc(CCC(Oc2ccccc2)Oc2ccccc2)cc1. The van der Waals surface area contributed by atoms with Gasteiger partial charge in [0.2, 0.25) is 6.29 Å². The minimum Gasteiger partial charge on any atom is -0.508 e. The van der Waals surface area contributed by atoms with Crippen molar-refractivity contribution in [2.75, 3.05) is 0 Å². The molecule has 0 saturated carbocycles. The van der Waals surface area contributed by atoms with Crippen LogP contribution in [0.25, 0.3) is 0 Å². The highest BCUT2D eigenvalue weighted by atomic mass is 16.7. The maximum atomic E-state index is 9.37. The Morgan fingerprint density at radius 2 is 1.17 bits per heavy atom. The molecule has 122 valence electrons. The number of hydrogen-bond donors (Lipinski definition) is 1. The Bertz CT molecular complexity index is 683. The molecule has 0 aliphatic heterocycles. The molecule has 0 atom stereocenters. The first-order valence-corrected chi connectivity index (χ1v) is 8.01. The number of benzene rings is 3. The first kappa shape index (κ1) is 15.9. The van der Waals surface area contributed by atoms with Crippen LogP contribution in [0, 0.1) is 0 Å². The van der Waals surface area contributed by atoms with Crippen LogP contribution >= 0.6 is 0 Å². The average Bonchev–Trinajstić information content (AvgIpc) is 2.63. The maximum Gasteiger partial charge on any atom is 0.241 e. The Balaban J connectivity index is 1.67. The Kier molecular flexibility index (Phi) is 5.36. The van der Waals surface area contributed by atoms with Crippen LogP contribution < -0.4 is 9.47 Å². The number of phenols is 1. The van der Waals surface area contributed by atoms with Crippen LogP contribution in [0.15, 0.2) is 84.9 Å². The topological polar surface area (TPSA) is 38.7 Å². The van der Waals surface area contributed by atoms with Crippen LogP contribution in [-0.4, -0.2) is 11.4 Å². The van der Waals surface area contributed by atoms with E-state index in [0.29, 0.717) is 6.42 Å². The van der Waals surface area contributed by atoms with E-state index in [1.165, 1.54) is 0 Å². The molecule has 3 aromatic rings. The molecule has 0 spiro atoms. The third kappa shape index (κ3) is 4.78. The normalized spacial score (nSPS) is 10.5. The molecule has 3 nitrogen and oxygen atoms in total. The van der Waals surface area contributed by atoms with Gasteiger partial charge in [0, 0.05) is 6.42 Å². The van der Waals surface area contributed by atoms with Gasteiger partial charge < -0.3 is 14.6 Å². The second-order valence-electron chi connectivity index (χ2n) is 5.50. The summed E-state index contributed by atoms with van der Waals surface area (Å²) in [5.41, 5.74) is 1.13. The summed E-state index contributed by atoms with van der Waals surface area (Å²) in [6.45, 7) is 0. The summed E-state index contributed by atoms with van der Waals surface area (Å²) in [4.78, 5) is 0. The van der Waals surface area contributed by atoms with Crippen LogP contribution in [-0.2, 0) is 6.42 Å². The first-order chi connectivity index (χ1) is 11.8. The van der Waals surface area contributed by atoms with Crippen molar-refractivity contribution in [3.05, 3.63) is 90.5 Å². The van der Waals surface area contributed by atoms with Gasteiger partial charge in [-0.05, 0) is 48.4 Å².